The summed E-state index contributed by atoms with van der Waals surface area (Å²) in [6, 6.07) is 7.27. The molecule has 0 unspecified atom stereocenters. The molecule has 6 heteroatoms. The molecule has 0 saturated carbocycles. The molecule has 1 aromatic heterocycles. The highest BCUT2D eigenvalue weighted by atomic mass is 16.5. The van der Waals surface area contributed by atoms with Crippen LogP contribution in [-0.4, -0.2) is 28.5 Å². The number of hydrogen-bond acceptors (Lipinski definition) is 5. The molecule has 1 heterocycles. The van der Waals surface area contributed by atoms with E-state index < -0.39 is 0 Å². The normalized spacial score (nSPS) is 10.2. The van der Waals surface area contributed by atoms with Crippen molar-refractivity contribution >= 4 is 17.4 Å². The minimum absolute atomic E-state index is 0.0167. The molecule has 0 radical (unpaired) electrons. The highest BCUT2D eigenvalue weighted by molar-refractivity contribution is 6.03. The minimum Gasteiger partial charge on any atom is -0.489 e. The lowest BCUT2D eigenvalue weighted by Crippen LogP contribution is -2.16. The molecule has 6 nitrogen and oxygen atoms in total. The lowest BCUT2D eigenvalue weighted by Gasteiger charge is -2.14. The Morgan fingerprint density at radius 3 is 2.74 bits per heavy atom. The summed E-state index contributed by atoms with van der Waals surface area (Å²) in [4.78, 5) is 20.5. The fourth-order valence-electron chi connectivity index (χ4n) is 1.83. The minimum atomic E-state index is -0.340. The molecular weight excluding hydrogens is 292 g/mol. The second-order valence-corrected chi connectivity index (χ2v) is 5.07. The van der Waals surface area contributed by atoms with Gasteiger partial charge < -0.3 is 15.4 Å². The van der Waals surface area contributed by atoms with Crippen LogP contribution in [0, 0.1) is 0 Å². The number of nitrogens with one attached hydrogen (secondary N) is 2. The monoisotopic (exact) mass is 312 g/mol. The highest BCUT2D eigenvalue weighted by Crippen LogP contribution is 2.25. The summed E-state index contributed by atoms with van der Waals surface area (Å²) in [5.74, 6) is 0.866. The van der Waals surface area contributed by atoms with Crippen molar-refractivity contribution in [3.63, 3.8) is 0 Å². The van der Waals surface area contributed by atoms with Gasteiger partial charge in [0.2, 0.25) is 0 Å². The van der Waals surface area contributed by atoms with Crippen molar-refractivity contribution in [2.45, 2.75) is 20.0 Å². The van der Waals surface area contributed by atoms with Crippen LogP contribution < -0.4 is 15.4 Å². The van der Waals surface area contributed by atoms with Crippen LogP contribution in [0.4, 0.5) is 11.5 Å². The van der Waals surface area contributed by atoms with Gasteiger partial charge >= 0.3 is 0 Å². The van der Waals surface area contributed by atoms with E-state index in [1.165, 1.54) is 12.4 Å². The van der Waals surface area contributed by atoms with Gasteiger partial charge in [-0.2, -0.15) is 0 Å². The predicted molar refractivity (Wildman–Crippen MR) is 90.9 cm³/mol. The zero-order valence-electron chi connectivity index (χ0n) is 13.2. The number of anilines is 2. The summed E-state index contributed by atoms with van der Waals surface area (Å²) in [7, 11) is 0. The van der Waals surface area contributed by atoms with Gasteiger partial charge in [0.05, 0.1) is 24.2 Å². The Morgan fingerprint density at radius 2 is 2.09 bits per heavy atom. The van der Waals surface area contributed by atoms with E-state index in [-0.39, 0.29) is 17.7 Å². The second-order valence-electron chi connectivity index (χ2n) is 5.07. The molecule has 0 bridgehead atoms. The largest absolute Gasteiger partial charge is 0.489 e. The number of aromatic nitrogens is 2. The summed E-state index contributed by atoms with van der Waals surface area (Å²) in [5.41, 5.74) is 0.829. The Hall–Kier alpha value is -2.89. The zero-order chi connectivity index (χ0) is 16.7. The third-order valence-corrected chi connectivity index (χ3v) is 2.81. The molecule has 0 aliphatic rings. The number of carbonyl (C=O) groups excluding carboxylic acids is 1. The van der Waals surface area contributed by atoms with Crippen molar-refractivity contribution in [3.8, 4) is 5.75 Å². The van der Waals surface area contributed by atoms with Gasteiger partial charge in [-0.25, -0.2) is 9.97 Å². The predicted octanol–water partition coefficient (Wildman–Crippen LogP) is 3.11. The van der Waals surface area contributed by atoms with E-state index in [0.717, 1.165) is 0 Å². The van der Waals surface area contributed by atoms with Crippen molar-refractivity contribution in [2.75, 3.05) is 17.2 Å². The van der Waals surface area contributed by atoms with E-state index in [1.807, 2.05) is 32.0 Å². The molecule has 0 atom stereocenters. The Morgan fingerprint density at radius 1 is 1.30 bits per heavy atom. The second kappa shape index (κ2) is 7.93. The number of carbonyl (C=O) groups is 1. The number of ether oxygens (including phenoxy) is 1. The third-order valence-electron chi connectivity index (χ3n) is 2.81. The first-order valence-electron chi connectivity index (χ1n) is 7.34. The van der Waals surface area contributed by atoms with Crippen LogP contribution in [0.25, 0.3) is 0 Å². The summed E-state index contributed by atoms with van der Waals surface area (Å²) in [5, 5.41) is 5.79. The summed E-state index contributed by atoms with van der Waals surface area (Å²) >= 11 is 0. The number of rotatable bonds is 7. The quantitative estimate of drug-likeness (QED) is 0.768. The Kier molecular flexibility index (Phi) is 5.68. The molecule has 0 spiro atoms. The van der Waals surface area contributed by atoms with Gasteiger partial charge in [-0.05, 0) is 26.0 Å². The standard InChI is InChI=1S/C17H20N4O2/c1-4-9-18-16-11-19-14(10-20-16)17(22)21-13-7-5-6-8-15(13)23-12(2)3/h4-8,10-12H,1,9H2,2-3H3,(H,18,20)(H,21,22). The topological polar surface area (TPSA) is 76.1 Å². The molecule has 0 aliphatic heterocycles. The van der Waals surface area contributed by atoms with Gasteiger partial charge in [0.15, 0.2) is 0 Å². The Balaban J connectivity index is 2.08. The molecule has 0 saturated heterocycles. The number of amides is 1. The van der Waals surface area contributed by atoms with E-state index in [0.29, 0.717) is 23.8 Å². The van der Waals surface area contributed by atoms with Crippen LogP contribution in [-0.2, 0) is 0 Å². The zero-order valence-corrected chi connectivity index (χ0v) is 13.2. The van der Waals surface area contributed by atoms with Gasteiger partial charge in [-0.15, -0.1) is 6.58 Å². The molecule has 1 amide bonds. The average molecular weight is 312 g/mol. The summed E-state index contributed by atoms with van der Waals surface area (Å²) in [6.45, 7) is 8.05. The van der Waals surface area contributed by atoms with E-state index >= 15 is 0 Å². The molecule has 2 rings (SSSR count). The van der Waals surface area contributed by atoms with Crippen molar-refractivity contribution < 1.29 is 9.53 Å². The molecule has 2 aromatic rings. The first-order chi connectivity index (χ1) is 11.1. The fraction of sp³-hybridized carbons (Fsp3) is 0.235. The number of hydrogen-bond donors (Lipinski definition) is 2. The Bertz CT molecular complexity index is 669. The summed E-state index contributed by atoms with van der Waals surface area (Å²) < 4.78 is 5.68. The lowest BCUT2D eigenvalue weighted by molar-refractivity contribution is 0.102. The Labute approximate surface area is 135 Å². The van der Waals surface area contributed by atoms with Gasteiger partial charge in [0.25, 0.3) is 5.91 Å². The van der Waals surface area contributed by atoms with E-state index in [2.05, 4.69) is 27.2 Å². The van der Waals surface area contributed by atoms with Crippen LogP contribution in [0.1, 0.15) is 24.3 Å². The maximum Gasteiger partial charge on any atom is 0.275 e. The SMILES string of the molecule is C=CCNc1cnc(C(=O)Nc2ccccc2OC(C)C)cn1. The van der Waals surface area contributed by atoms with E-state index in [9.17, 15) is 4.79 Å². The van der Waals surface area contributed by atoms with Gasteiger partial charge in [0.1, 0.15) is 17.3 Å². The molecular formula is C17H20N4O2. The highest BCUT2D eigenvalue weighted by Gasteiger charge is 2.12. The van der Waals surface area contributed by atoms with Crippen molar-refractivity contribution in [2.24, 2.45) is 0 Å². The summed E-state index contributed by atoms with van der Waals surface area (Å²) in [6.07, 6.45) is 4.67. The van der Waals surface area contributed by atoms with Crippen molar-refractivity contribution in [3.05, 3.63) is 55.0 Å². The van der Waals surface area contributed by atoms with Crippen LogP contribution >= 0.6 is 0 Å². The molecule has 2 N–H and O–H groups in total. The van der Waals surface area contributed by atoms with Crippen LogP contribution in [0.3, 0.4) is 0 Å². The fourth-order valence-corrected chi connectivity index (χ4v) is 1.83. The first-order valence-corrected chi connectivity index (χ1v) is 7.34. The van der Waals surface area contributed by atoms with Gasteiger partial charge in [0, 0.05) is 6.54 Å². The molecule has 1 aromatic carbocycles. The van der Waals surface area contributed by atoms with Gasteiger partial charge in [-0.1, -0.05) is 18.2 Å². The van der Waals surface area contributed by atoms with E-state index in [1.54, 1.807) is 12.1 Å². The number of benzene rings is 1. The maximum absolute atomic E-state index is 12.3. The van der Waals surface area contributed by atoms with Crippen LogP contribution in [0.5, 0.6) is 5.75 Å². The van der Waals surface area contributed by atoms with Crippen molar-refractivity contribution in [1.29, 1.82) is 0 Å². The third kappa shape index (κ3) is 4.81. The smallest absolute Gasteiger partial charge is 0.275 e. The average Bonchev–Trinajstić information content (AvgIpc) is 2.54. The lowest BCUT2D eigenvalue weighted by atomic mass is 10.2. The first kappa shape index (κ1) is 16.5. The molecule has 120 valence electrons. The van der Waals surface area contributed by atoms with Gasteiger partial charge in [-0.3, -0.25) is 4.79 Å². The molecule has 23 heavy (non-hydrogen) atoms. The van der Waals surface area contributed by atoms with Crippen molar-refractivity contribution in [1.82, 2.24) is 9.97 Å². The van der Waals surface area contributed by atoms with E-state index in [4.69, 9.17) is 4.74 Å². The maximum atomic E-state index is 12.3. The van der Waals surface area contributed by atoms with Crippen LogP contribution in [0.15, 0.2) is 49.3 Å². The number of para-hydroxylation sites is 2. The number of nitrogens with zero attached hydrogens (tertiary/aromatic N) is 2. The molecule has 0 aliphatic carbocycles. The van der Waals surface area contributed by atoms with Crippen LogP contribution in [0.2, 0.25) is 0 Å². The molecule has 0 fully saturated rings.